The molecule has 0 saturated heterocycles. The summed E-state index contributed by atoms with van der Waals surface area (Å²) in [6, 6.07) is 7.05. The highest BCUT2D eigenvalue weighted by atomic mass is 35.5. The fourth-order valence-electron chi connectivity index (χ4n) is 1.89. The van der Waals surface area contributed by atoms with Gasteiger partial charge in [0.15, 0.2) is 12.0 Å². The van der Waals surface area contributed by atoms with Crippen LogP contribution in [0.25, 0.3) is 0 Å². The van der Waals surface area contributed by atoms with E-state index < -0.39 is 6.17 Å². The van der Waals surface area contributed by atoms with E-state index in [2.05, 4.69) is 15.3 Å². The highest BCUT2D eigenvalue weighted by Crippen LogP contribution is 2.25. The third-order valence-electron chi connectivity index (χ3n) is 3.02. The van der Waals surface area contributed by atoms with E-state index in [1.54, 1.807) is 26.4 Å². The maximum absolute atomic E-state index is 13.3. The molecule has 1 aromatic heterocycles. The topological polar surface area (TPSA) is 56.3 Å². The van der Waals surface area contributed by atoms with Crippen LogP contribution in [0.2, 0.25) is 5.15 Å². The lowest BCUT2D eigenvalue weighted by molar-refractivity contribution is 0.356. The van der Waals surface area contributed by atoms with Gasteiger partial charge >= 0.3 is 0 Å². The first-order chi connectivity index (χ1) is 10.5. The molecule has 0 spiro atoms. The van der Waals surface area contributed by atoms with Crippen molar-refractivity contribution in [3.8, 4) is 11.5 Å². The zero-order valence-corrected chi connectivity index (χ0v) is 13.3. The highest BCUT2D eigenvalue weighted by molar-refractivity contribution is 6.29. The molecule has 0 fully saturated rings. The first kappa shape index (κ1) is 16.3. The Kier molecular flexibility index (Phi) is 5.38. The Morgan fingerprint density at radius 2 is 2.00 bits per heavy atom. The molecule has 5 nitrogen and oxygen atoms in total. The van der Waals surface area contributed by atoms with Gasteiger partial charge in [0.05, 0.1) is 14.2 Å². The first-order valence-electron chi connectivity index (χ1n) is 6.66. The highest BCUT2D eigenvalue weighted by Gasteiger charge is 2.11. The number of hydrogen-bond acceptors (Lipinski definition) is 5. The summed E-state index contributed by atoms with van der Waals surface area (Å²) in [5, 5.41) is 3.28. The lowest BCUT2D eigenvalue weighted by Crippen LogP contribution is -2.06. The Hall–Kier alpha value is -2.08. The van der Waals surface area contributed by atoms with E-state index in [9.17, 15) is 4.39 Å². The molecule has 1 N–H and O–H groups in total. The molecule has 0 radical (unpaired) electrons. The van der Waals surface area contributed by atoms with E-state index in [4.69, 9.17) is 21.1 Å². The number of nitrogens with zero attached hydrogens (tertiary/aromatic N) is 2. The number of hydrogen-bond donors (Lipinski definition) is 1. The second-order valence-electron chi connectivity index (χ2n) is 4.58. The minimum Gasteiger partial charge on any atom is -0.497 e. The van der Waals surface area contributed by atoms with Gasteiger partial charge in [-0.1, -0.05) is 11.6 Å². The predicted octanol–water partition coefficient (Wildman–Crippen LogP) is 3.79. The van der Waals surface area contributed by atoms with Gasteiger partial charge in [-0.15, -0.1) is 0 Å². The third-order valence-corrected chi connectivity index (χ3v) is 3.22. The monoisotopic (exact) mass is 325 g/mol. The van der Waals surface area contributed by atoms with Crippen molar-refractivity contribution in [2.75, 3.05) is 19.5 Å². The molecule has 2 aromatic rings. The SMILES string of the molecule is COc1ccc(CNc2cc(Cl)nc(C(C)F)n2)c(OC)c1. The second kappa shape index (κ2) is 7.26. The van der Waals surface area contributed by atoms with Crippen molar-refractivity contribution in [1.82, 2.24) is 9.97 Å². The molecular formula is C15H17ClFN3O2. The van der Waals surface area contributed by atoms with Crippen molar-refractivity contribution >= 4 is 17.4 Å². The number of rotatable bonds is 6. The van der Waals surface area contributed by atoms with Gasteiger partial charge in [0.1, 0.15) is 22.5 Å². The Morgan fingerprint density at radius 1 is 1.23 bits per heavy atom. The molecule has 0 amide bonds. The number of halogens is 2. The number of aromatic nitrogens is 2. The molecule has 1 atom stereocenters. The molecule has 1 unspecified atom stereocenters. The summed E-state index contributed by atoms with van der Waals surface area (Å²) < 4.78 is 23.8. The molecule has 0 aliphatic heterocycles. The van der Waals surface area contributed by atoms with Crippen LogP contribution in [0.3, 0.4) is 0 Å². The van der Waals surface area contributed by atoms with Gasteiger partial charge in [0, 0.05) is 24.2 Å². The quantitative estimate of drug-likeness (QED) is 0.819. The van der Waals surface area contributed by atoms with Crippen LogP contribution in [-0.4, -0.2) is 24.2 Å². The van der Waals surface area contributed by atoms with Crippen molar-refractivity contribution in [2.24, 2.45) is 0 Å². The van der Waals surface area contributed by atoms with Crippen molar-refractivity contribution < 1.29 is 13.9 Å². The zero-order chi connectivity index (χ0) is 16.1. The summed E-state index contributed by atoms with van der Waals surface area (Å²) >= 11 is 5.87. The van der Waals surface area contributed by atoms with Crippen molar-refractivity contribution in [3.63, 3.8) is 0 Å². The van der Waals surface area contributed by atoms with Crippen LogP contribution in [0.4, 0.5) is 10.2 Å². The number of nitrogens with one attached hydrogen (secondary N) is 1. The number of alkyl halides is 1. The van der Waals surface area contributed by atoms with E-state index in [-0.39, 0.29) is 11.0 Å². The standard InChI is InChI=1S/C15H17ClFN3O2/c1-9(17)15-19-13(16)7-14(20-15)18-8-10-4-5-11(21-2)6-12(10)22-3/h4-7,9H,8H2,1-3H3,(H,18,19,20). The molecule has 1 aromatic carbocycles. The van der Waals surface area contributed by atoms with Crippen LogP contribution >= 0.6 is 11.6 Å². The van der Waals surface area contributed by atoms with Gasteiger partial charge in [0.25, 0.3) is 0 Å². The minimum absolute atomic E-state index is 0.0525. The fourth-order valence-corrected chi connectivity index (χ4v) is 2.08. The van der Waals surface area contributed by atoms with Gasteiger partial charge in [-0.05, 0) is 19.1 Å². The maximum atomic E-state index is 13.3. The molecule has 22 heavy (non-hydrogen) atoms. The normalized spacial score (nSPS) is 11.9. The van der Waals surface area contributed by atoms with Crippen molar-refractivity contribution in [3.05, 3.63) is 40.8 Å². The van der Waals surface area contributed by atoms with Crippen LogP contribution in [-0.2, 0) is 6.54 Å². The van der Waals surface area contributed by atoms with Gasteiger partial charge in [-0.2, -0.15) is 0 Å². The fraction of sp³-hybridized carbons (Fsp3) is 0.333. The molecule has 7 heteroatoms. The lowest BCUT2D eigenvalue weighted by Gasteiger charge is -2.12. The van der Waals surface area contributed by atoms with E-state index in [1.165, 1.54) is 6.92 Å². The number of ether oxygens (including phenoxy) is 2. The summed E-state index contributed by atoms with van der Waals surface area (Å²) in [4.78, 5) is 7.93. The Balaban J connectivity index is 2.16. The maximum Gasteiger partial charge on any atom is 0.166 e. The summed E-state index contributed by atoms with van der Waals surface area (Å²) in [6.07, 6.45) is -1.28. The van der Waals surface area contributed by atoms with Crippen molar-refractivity contribution in [2.45, 2.75) is 19.6 Å². The van der Waals surface area contributed by atoms with Gasteiger partial charge in [-0.3, -0.25) is 0 Å². The van der Waals surface area contributed by atoms with Gasteiger partial charge in [-0.25, -0.2) is 14.4 Å². The lowest BCUT2D eigenvalue weighted by atomic mass is 10.2. The van der Waals surface area contributed by atoms with Crippen molar-refractivity contribution in [1.29, 1.82) is 0 Å². The molecule has 0 bridgehead atoms. The Bertz CT molecular complexity index is 653. The predicted molar refractivity (Wildman–Crippen MR) is 83.4 cm³/mol. The molecule has 1 heterocycles. The Labute approximate surface area is 133 Å². The number of benzene rings is 1. The average molecular weight is 326 g/mol. The summed E-state index contributed by atoms with van der Waals surface area (Å²) in [6.45, 7) is 1.81. The Morgan fingerprint density at radius 3 is 2.64 bits per heavy atom. The van der Waals surface area contributed by atoms with Crippen LogP contribution < -0.4 is 14.8 Å². The largest absolute Gasteiger partial charge is 0.497 e. The smallest absolute Gasteiger partial charge is 0.166 e. The first-order valence-corrected chi connectivity index (χ1v) is 7.04. The molecule has 118 valence electrons. The summed E-state index contributed by atoms with van der Waals surface area (Å²) in [5.74, 6) is 1.90. The molecule has 0 aliphatic rings. The zero-order valence-electron chi connectivity index (χ0n) is 12.6. The number of methoxy groups -OCH3 is 2. The average Bonchev–Trinajstić information content (AvgIpc) is 2.52. The second-order valence-corrected chi connectivity index (χ2v) is 4.97. The van der Waals surface area contributed by atoms with Gasteiger partial charge < -0.3 is 14.8 Å². The van der Waals surface area contributed by atoms with Crippen LogP contribution in [0.5, 0.6) is 11.5 Å². The molecule has 0 aliphatic carbocycles. The van der Waals surface area contributed by atoms with Gasteiger partial charge in [0.2, 0.25) is 0 Å². The van der Waals surface area contributed by atoms with Crippen LogP contribution in [0.15, 0.2) is 24.3 Å². The molecular weight excluding hydrogens is 309 g/mol. The summed E-state index contributed by atoms with van der Waals surface area (Å²) in [7, 11) is 3.18. The molecule has 0 saturated carbocycles. The van der Waals surface area contributed by atoms with Crippen LogP contribution in [0.1, 0.15) is 24.5 Å². The molecule has 2 rings (SSSR count). The van der Waals surface area contributed by atoms with E-state index in [0.29, 0.717) is 23.9 Å². The van der Waals surface area contributed by atoms with E-state index >= 15 is 0 Å². The van der Waals surface area contributed by atoms with Crippen LogP contribution in [0, 0.1) is 0 Å². The minimum atomic E-state index is -1.28. The van der Waals surface area contributed by atoms with E-state index in [0.717, 1.165) is 5.56 Å². The number of anilines is 1. The van der Waals surface area contributed by atoms with E-state index in [1.807, 2.05) is 12.1 Å². The third kappa shape index (κ3) is 3.98. The summed E-state index contributed by atoms with van der Waals surface area (Å²) in [5.41, 5.74) is 0.910.